The molecule has 0 atom stereocenters. The first-order valence-corrected chi connectivity index (χ1v) is 11.5. The van der Waals surface area contributed by atoms with Gasteiger partial charge < -0.3 is 19.9 Å². The Morgan fingerprint density at radius 1 is 1.23 bits per heavy atom. The average molecular weight is 475 g/mol. The highest BCUT2D eigenvalue weighted by atomic mass is 19.1. The molecule has 2 aromatic heterocycles. The lowest BCUT2D eigenvalue weighted by Crippen LogP contribution is -2.36. The average Bonchev–Trinajstić information content (AvgIpc) is 3.58. The number of carbonyl (C=O) groups is 1. The van der Waals surface area contributed by atoms with Gasteiger partial charge in [0.25, 0.3) is 0 Å². The van der Waals surface area contributed by atoms with E-state index in [1.54, 1.807) is 35.4 Å². The van der Waals surface area contributed by atoms with Gasteiger partial charge in [-0.1, -0.05) is 25.1 Å². The molecule has 8 nitrogen and oxygen atoms in total. The third-order valence-electron chi connectivity index (χ3n) is 6.31. The van der Waals surface area contributed by atoms with Crippen molar-refractivity contribution in [3.63, 3.8) is 0 Å². The van der Waals surface area contributed by atoms with Gasteiger partial charge in [0.2, 0.25) is 5.91 Å². The number of imidazole rings is 1. The lowest BCUT2D eigenvalue weighted by atomic mass is 9.96. The van der Waals surface area contributed by atoms with Gasteiger partial charge in [0.05, 0.1) is 18.4 Å². The number of fused-ring (bicyclic) bond motifs is 1. The molecular weight excluding hydrogens is 447 g/mol. The Labute approximate surface area is 202 Å². The summed E-state index contributed by atoms with van der Waals surface area (Å²) in [6.07, 6.45) is 4.41. The zero-order valence-corrected chi connectivity index (χ0v) is 19.9. The number of likely N-dealkylation sites (N-methyl/N-ethyl adjacent to an activating group) is 1. The number of halogens is 1. The second kappa shape index (κ2) is 8.99. The van der Waals surface area contributed by atoms with Crippen LogP contribution in [0.15, 0.2) is 42.6 Å². The van der Waals surface area contributed by atoms with E-state index < -0.39 is 5.82 Å². The number of aromatic amines is 2. The molecule has 0 spiro atoms. The number of phenolic OH excluding ortho intramolecular Hbond substituents is 1. The number of phenols is 1. The van der Waals surface area contributed by atoms with Crippen molar-refractivity contribution in [1.82, 2.24) is 30.0 Å². The molecule has 180 valence electrons. The van der Waals surface area contributed by atoms with Crippen LogP contribution >= 0.6 is 0 Å². The van der Waals surface area contributed by atoms with E-state index >= 15 is 4.39 Å². The van der Waals surface area contributed by atoms with Gasteiger partial charge in [-0.3, -0.25) is 9.89 Å². The van der Waals surface area contributed by atoms with Gasteiger partial charge in [-0.2, -0.15) is 5.10 Å². The van der Waals surface area contributed by atoms with Crippen LogP contribution < -0.4 is 0 Å². The highest BCUT2D eigenvalue weighted by Gasteiger charge is 2.23. The van der Waals surface area contributed by atoms with Crippen LogP contribution in [-0.2, 0) is 11.2 Å². The molecule has 4 aromatic rings. The molecule has 0 unspecified atom stereocenters. The number of aryl methyl sites for hydroxylation is 1. The molecular formula is C26H27FN6O2. The predicted molar refractivity (Wildman–Crippen MR) is 133 cm³/mol. The van der Waals surface area contributed by atoms with Crippen molar-refractivity contribution in [3.05, 3.63) is 59.7 Å². The van der Waals surface area contributed by atoms with Crippen molar-refractivity contribution in [3.8, 4) is 28.4 Å². The molecule has 5 rings (SSSR count). The van der Waals surface area contributed by atoms with Crippen LogP contribution in [0.3, 0.4) is 0 Å². The standard InChI is InChI=1S/C26H27FN6O2/c1-4-15-11-17(34)5-6-18(15)19-7-8-20-24(23(19)27)30-31-25(20)26-28-12-21(29-26)16-9-10-33(13-16)22(35)14-32(2)3/h5-9,11-12,34H,4,10,13-14H2,1-3H3,(H,28,29)(H,30,31). The third-order valence-corrected chi connectivity index (χ3v) is 6.31. The minimum Gasteiger partial charge on any atom is -0.508 e. The Balaban J connectivity index is 1.43. The van der Waals surface area contributed by atoms with E-state index in [1.807, 2.05) is 38.1 Å². The minimum absolute atomic E-state index is 0.0756. The molecule has 0 bridgehead atoms. The number of hydrogen-bond acceptors (Lipinski definition) is 5. The van der Waals surface area contributed by atoms with Crippen molar-refractivity contribution in [2.24, 2.45) is 0 Å². The van der Waals surface area contributed by atoms with E-state index in [9.17, 15) is 9.90 Å². The minimum atomic E-state index is -0.425. The Morgan fingerprint density at radius 2 is 2.03 bits per heavy atom. The summed E-state index contributed by atoms with van der Waals surface area (Å²) < 4.78 is 15.5. The number of nitrogens with one attached hydrogen (secondary N) is 2. The molecule has 0 saturated carbocycles. The van der Waals surface area contributed by atoms with Gasteiger partial charge in [0, 0.05) is 24.0 Å². The smallest absolute Gasteiger partial charge is 0.237 e. The number of aromatic hydroxyl groups is 1. The molecule has 0 saturated heterocycles. The molecule has 35 heavy (non-hydrogen) atoms. The van der Waals surface area contributed by atoms with Crippen molar-refractivity contribution in [1.29, 1.82) is 0 Å². The lowest BCUT2D eigenvalue weighted by molar-refractivity contribution is -0.130. The van der Waals surface area contributed by atoms with Gasteiger partial charge in [-0.25, -0.2) is 9.37 Å². The second-order valence-electron chi connectivity index (χ2n) is 9.00. The van der Waals surface area contributed by atoms with E-state index in [0.717, 1.165) is 22.4 Å². The number of amides is 1. The first-order chi connectivity index (χ1) is 16.9. The summed E-state index contributed by atoms with van der Waals surface area (Å²) in [4.78, 5) is 23.8. The van der Waals surface area contributed by atoms with Gasteiger partial charge >= 0.3 is 0 Å². The summed E-state index contributed by atoms with van der Waals surface area (Å²) >= 11 is 0. The van der Waals surface area contributed by atoms with E-state index in [1.165, 1.54) is 0 Å². The number of carbonyl (C=O) groups excluding carboxylic acids is 1. The summed E-state index contributed by atoms with van der Waals surface area (Å²) in [5, 5.41) is 17.6. The summed E-state index contributed by atoms with van der Waals surface area (Å²) in [7, 11) is 3.74. The van der Waals surface area contributed by atoms with E-state index in [4.69, 9.17) is 0 Å². The number of aromatic nitrogens is 4. The summed E-state index contributed by atoms with van der Waals surface area (Å²) in [6, 6.07) is 8.52. The normalized spacial score (nSPS) is 13.7. The second-order valence-corrected chi connectivity index (χ2v) is 9.00. The Morgan fingerprint density at radius 3 is 2.80 bits per heavy atom. The van der Waals surface area contributed by atoms with Gasteiger partial charge in [-0.15, -0.1) is 0 Å². The zero-order valence-electron chi connectivity index (χ0n) is 19.9. The van der Waals surface area contributed by atoms with Crippen LogP contribution in [0.1, 0.15) is 18.2 Å². The van der Waals surface area contributed by atoms with E-state index in [-0.39, 0.29) is 17.2 Å². The Hall–Kier alpha value is -3.98. The van der Waals surface area contributed by atoms with Gasteiger partial charge in [0.15, 0.2) is 11.6 Å². The summed E-state index contributed by atoms with van der Waals surface area (Å²) in [5.74, 6) is 0.357. The summed E-state index contributed by atoms with van der Waals surface area (Å²) in [5.41, 5.74) is 4.66. The molecule has 3 N–H and O–H groups in total. The Kier molecular flexibility index (Phi) is 5.86. The van der Waals surface area contributed by atoms with Crippen LogP contribution in [0, 0.1) is 5.82 Å². The van der Waals surface area contributed by atoms with Crippen molar-refractivity contribution in [2.45, 2.75) is 13.3 Å². The molecule has 9 heteroatoms. The molecule has 1 aliphatic heterocycles. The zero-order chi connectivity index (χ0) is 24.7. The first-order valence-electron chi connectivity index (χ1n) is 11.5. The van der Waals surface area contributed by atoms with Crippen molar-refractivity contribution in [2.75, 3.05) is 33.7 Å². The van der Waals surface area contributed by atoms with Crippen molar-refractivity contribution >= 4 is 22.4 Å². The van der Waals surface area contributed by atoms with Crippen molar-refractivity contribution < 1.29 is 14.3 Å². The molecule has 1 aliphatic rings. The maximum Gasteiger partial charge on any atom is 0.237 e. The maximum absolute atomic E-state index is 15.5. The van der Waals surface area contributed by atoms with E-state index in [0.29, 0.717) is 48.5 Å². The lowest BCUT2D eigenvalue weighted by Gasteiger charge is -2.18. The van der Waals surface area contributed by atoms with Gasteiger partial charge in [-0.05, 0) is 55.4 Å². The van der Waals surface area contributed by atoms with Crippen LogP contribution in [0.4, 0.5) is 4.39 Å². The summed E-state index contributed by atoms with van der Waals surface area (Å²) in [6.45, 7) is 3.41. The number of hydrogen-bond donors (Lipinski definition) is 3. The highest BCUT2D eigenvalue weighted by Crippen LogP contribution is 2.35. The van der Waals surface area contributed by atoms with E-state index in [2.05, 4.69) is 20.2 Å². The fraction of sp³-hybridized carbons (Fsp3) is 0.269. The van der Waals surface area contributed by atoms with Crippen LogP contribution in [-0.4, -0.2) is 74.7 Å². The van der Waals surface area contributed by atoms with Gasteiger partial charge in [0.1, 0.15) is 17.0 Å². The number of H-pyrrole nitrogens is 2. The largest absolute Gasteiger partial charge is 0.508 e. The molecule has 1 amide bonds. The third kappa shape index (κ3) is 4.19. The molecule has 0 radical (unpaired) electrons. The fourth-order valence-corrected chi connectivity index (χ4v) is 4.49. The number of benzene rings is 2. The number of rotatable bonds is 6. The molecule has 2 aromatic carbocycles. The predicted octanol–water partition coefficient (Wildman–Crippen LogP) is 3.81. The molecule has 0 fully saturated rings. The molecule has 3 heterocycles. The molecule has 0 aliphatic carbocycles. The van der Waals surface area contributed by atoms with Crippen LogP contribution in [0.5, 0.6) is 5.75 Å². The fourth-order valence-electron chi connectivity index (χ4n) is 4.49. The first kappa shape index (κ1) is 22.8. The van der Waals surface area contributed by atoms with Crippen LogP contribution in [0.25, 0.3) is 39.1 Å². The topological polar surface area (TPSA) is 101 Å². The monoisotopic (exact) mass is 474 g/mol. The van der Waals surface area contributed by atoms with Crippen LogP contribution in [0.2, 0.25) is 0 Å². The maximum atomic E-state index is 15.5. The SMILES string of the molecule is CCc1cc(O)ccc1-c1ccc2c(-c3ncc(C4=CCN(C(=O)CN(C)C)C4)[nH]3)[nH]nc2c1F. The highest BCUT2D eigenvalue weighted by molar-refractivity contribution is 5.95. The number of nitrogens with zero attached hydrogens (tertiary/aromatic N) is 4. The quantitative estimate of drug-likeness (QED) is 0.395. The Bertz CT molecular complexity index is 1450.